The van der Waals surface area contributed by atoms with Crippen molar-refractivity contribution < 1.29 is 14.3 Å². The van der Waals surface area contributed by atoms with Crippen LogP contribution < -0.4 is 9.64 Å². The lowest BCUT2D eigenvalue weighted by molar-refractivity contribution is 0.0707. The molecule has 4 heterocycles. The molecule has 0 radical (unpaired) electrons. The van der Waals surface area contributed by atoms with E-state index in [1.54, 1.807) is 24.5 Å². The lowest BCUT2D eigenvalue weighted by atomic mass is 9.97. The van der Waals surface area contributed by atoms with Crippen molar-refractivity contribution in [3.63, 3.8) is 0 Å². The van der Waals surface area contributed by atoms with Crippen LogP contribution in [0, 0.1) is 0 Å². The number of likely N-dealkylation sites (tertiary alicyclic amines) is 1. The van der Waals surface area contributed by atoms with Crippen molar-refractivity contribution in [1.82, 2.24) is 14.9 Å². The van der Waals surface area contributed by atoms with E-state index in [2.05, 4.69) is 18.0 Å². The van der Waals surface area contributed by atoms with Crippen LogP contribution in [0.3, 0.4) is 0 Å². The second-order valence-corrected chi connectivity index (χ2v) is 10.6. The molecule has 2 aliphatic heterocycles. The van der Waals surface area contributed by atoms with Gasteiger partial charge in [0.2, 0.25) is 0 Å². The number of hydrogen-bond donors (Lipinski definition) is 0. The SMILES string of the molecule is COc1cc(C(=O)N2CCC(c3nc(C(=O)N4c5ccccc5CC4C)cs3)CC2)nc2ccccc12. The summed E-state index contributed by atoms with van der Waals surface area (Å²) in [4.78, 5) is 39.7. The number of anilines is 1. The van der Waals surface area contributed by atoms with E-state index in [0.717, 1.165) is 40.9 Å². The predicted octanol–water partition coefficient (Wildman–Crippen LogP) is 5.31. The number of aromatic nitrogens is 2. The van der Waals surface area contributed by atoms with Gasteiger partial charge in [-0.15, -0.1) is 11.3 Å². The minimum Gasteiger partial charge on any atom is -0.496 e. The molecule has 0 bridgehead atoms. The largest absolute Gasteiger partial charge is 0.496 e. The van der Waals surface area contributed by atoms with Gasteiger partial charge in [-0.05, 0) is 49.9 Å². The van der Waals surface area contributed by atoms with Gasteiger partial charge in [0, 0.05) is 47.6 Å². The number of pyridine rings is 1. The second-order valence-electron chi connectivity index (χ2n) is 9.72. The molecular weight excluding hydrogens is 484 g/mol. The Balaban J connectivity index is 1.14. The molecule has 0 N–H and O–H groups in total. The normalized spacial score (nSPS) is 17.7. The predicted molar refractivity (Wildman–Crippen MR) is 145 cm³/mol. The lowest BCUT2D eigenvalue weighted by Gasteiger charge is -2.31. The molecule has 8 heteroatoms. The highest BCUT2D eigenvalue weighted by atomic mass is 32.1. The Kier molecular flexibility index (Phi) is 6.12. The van der Waals surface area contributed by atoms with Gasteiger partial charge in [-0.25, -0.2) is 9.97 Å². The van der Waals surface area contributed by atoms with Crippen molar-refractivity contribution in [3.05, 3.63) is 81.9 Å². The van der Waals surface area contributed by atoms with Crippen LogP contribution in [0.15, 0.2) is 60.0 Å². The van der Waals surface area contributed by atoms with Crippen molar-refractivity contribution in [2.24, 2.45) is 0 Å². The number of benzene rings is 2. The molecule has 1 unspecified atom stereocenters. The van der Waals surface area contributed by atoms with Crippen LogP contribution in [0.2, 0.25) is 0 Å². The number of thiazole rings is 1. The fourth-order valence-electron chi connectivity index (χ4n) is 5.49. The smallest absolute Gasteiger partial charge is 0.278 e. The van der Waals surface area contributed by atoms with Crippen LogP contribution in [-0.2, 0) is 6.42 Å². The zero-order chi connectivity index (χ0) is 25.5. The molecule has 2 amide bonds. The van der Waals surface area contributed by atoms with Crippen LogP contribution in [0.4, 0.5) is 5.69 Å². The highest BCUT2D eigenvalue weighted by molar-refractivity contribution is 7.10. The minimum atomic E-state index is -0.0841. The monoisotopic (exact) mass is 512 g/mol. The Morgan fingerprint density at radius 2 is 1.73 bits per heavy atom. The van der Waals surface area contributed by atoms with Crippen molar-refractivity contribution in [2.45, 2.75) is 38.1 Å². The van der Waals surface area contributed by atoms with Crippen molar-refractivity contribution >= 4 is 39.7 Å². The molecule has 37 heavy (non-hydrogen) atoms. The first-order chi connectivity index (χ1) is 18.0. The van der Waals surface area contributed by atoms with E-state index in [-0.39, 0.29) is 23.8 Å². The minimum absolute atomic E-state index is 0.0381. The number of carbonyl (C=O) groups excluding carboxylic acids is 2. The first-order valence-corrected chi connectivity index (χ1v) is 13.5. The van der Waals surface area contributed by atoms with Crippen LogP contribution in [0.1, 0.15) is 57.2 Å². The summed E-state index contributed by atoms with van der Waals surface area (Å²) in [7, 11) is 1.61. The summed E-state index contributed by atoms with van der Waals surface area (Å²) in [6, 6.07) is 17.6. The maximum Gasteiger partial charge on any atom is 0.278 e. The molecule has 2 aromatic carbocycles. The molecule has 7 nitrogen and oxygen atoms in total. The van der Waals surface area contributed by atoms with Gasteiger partial charge in [-0.1, -0.05) is 30.3 Å². The average molecular weight is 513 g/mol. The number of carbonyl (C=O) groups is 2. The molecule has 2 aliphatic rings. The summed E-state index contributed by atoms with van der Waals surface area (Å²) in [5.74, 6) is 0.764. The number of rotatable bonds is 4. The van der Waals surface area contributed by atoms with Crippen LogP contribution in [0.25, 0.3) is 10.9 Å². The molecule has 1 atom stereocenters. The van der Waals surface area contributed by atoms with E-state index in [4.69, 9.17) is 9.72 Å². The Morgan fingerprint density at radius 1 is 0.973 bits per heavy atom. The molecule has 1 fully saturated rings. The van der Waals surface area contributed by atoms with Gasteiger partial charge in [0.05, 0.1) is 17.6 Å². The van der Waals surface area contributed by atoms with Crippen molar-refractivity contribution in [2.75, 3.05) is 25.1 Å². The number of nitrogens with zero attached hydrogens (tertiary/aromatic N) is 4. The average Bonchev–Trinajstić information content (AvgIpc) is 3.56. The van der Waals surface area contributed by atoms with E-state index in [0.29, 0.717) is 30.2 Å². The summed E-state index contributed by atoms with van der Waals surface area (Å²) in [6.07, 6.45) is 2.48. The molecule has 1 saturated heterocycles. The highest BCUT2D eigenvalue weighted by Gasteiger charge is 2.33. The fourth-order valence-corrected chi connectivity index (χ4v) is 6.45. The summed E-state index contributed by atoms with van der Waals surface area (Å²) < 4.78 is 5.52. The summed E-state index contributed by atoms with van der Waals surface area (Å²) in [5, 5.41) is 3.75. The second kappa shape index (κ2) is 9.59. The maximum atomic E-state index is 13.4. The molecular formula is C29H28N4O3S. The third kappa shape index (κ3) is 4.25. The zero-order valence-corrected chi connectivity index (χ0v) is 21.7. The number of methoxy groups -OCH3 is 1. The maximum absolute atomic E-state index is 13.4. The van der Waals surface area contributed by atoms with Gasteiger partial charge in [-0.2, -0.15) is 0 Å². The first kappa shape index (κ1) is 23.6. The van der Waals surface area contributed by atoms with Crippen LogP contribution in [0.5, 0.6) is 5.75 Å². The standard InChI is InChI=1S/C29H28N4O3S/c1-18-15-20-7-3-6-10-25(20)33(18)29(35)24-17-37-27(31-24)19-11-13-32(14-12-19)28(34)23-16-26(36-2)21-8-4-5-9-22(21)30-23/h3-10,16-19H,11-15H2,1-2H3. The Labute approximate surface area is 219 Å². The van der Waals surface area contributed by atoms with Gasteiger partial charge < -0.3 is 14.5 Å². The summed E-state index contributed by atoms with van der Waals surface area (Å²) in [6.45, 7) is 3.33. The third-order valence-corrected chi connectivity index (χ3v) is 8.42. The molecule has 188 valence electrons. The topological polar surface area (TPSA) is 75.6 Å². The summed E-state index contributed by atoms with van der Waals surface area (Å²) >= 11 is 1.55. The number of hydrogen-bond acceptors (Lipinski definition) is 6. The number of para-hydroxylation sites is 2. The summed E-state index contributed by atoms with van der Waals surface area (Å²) in [5.41, 5.74) is 3.84. The van der Waals surface area contributed by atoms with E-state index < -0.39 is 0 Å². The zero-order valence-electron chi connectivity index (χ0n) is 20.9. The molecule has 0 aliphatic carbocycles. The van der Waals surface area contributed by atoms with Crippen molar-refractivity contribution in [3.8, 4) is 5.75 Å². The lowest BCUT2D eigenvalue weighted by Crippen LogP contribution is -2.38. The molecule has 0 spiro atoms. The van der Waals surface area contributed by atoms with Crippen molar-refractivity contribution in [1.29, 1.82) is 0 Å². The Bertz CT molecular complexity index is 1490. The quantitative estimate of drug-likeness (QED) is 0.370. The highest BCUT2D eigenvalue weighted by Crippen LogP contribution is 2.35. The molecule has 4 aromatic rings. The molecule has 0 saturated carbocycles. The number of amides is 2. The van der Waals surface area contributed by atoms with E-state index in [1.165, 1.54) is 5.56 Å². The number of fused-ring (bicyclic) bond motifs is 2. The number of ether oxygens (including phenoxy) is 1. The van der Waals surface area contributed by atoms with E-state index in [1.807, 2.05) is 57.6 Å². The first-order valence-electron chi connectivity index (χ1n) is 12.6. The van der Waals surface area contributed by atoms with Crippen LogP contribution >= 0.6 is 11.3 Å². The third-order valence-electron chi connectivity index (χ3n) is 7.42. The van der Waals surface area contributed by atoms with E-state index >= 15 is 0 Å². The van der Waals surface area contributed by atoms with Gasteiger partial charge >= 0.3 is 0 Å². The molecule has 6 rings (SSSR count). The molecule has 2 aromatic heterocycles. The van der Waals surface area contributed by atoms with Gasteiger partial charge in [0.25, 0.3) is 11.8 Å². The number of piperidine rings is 1. The van der Waals surface area contributed by atoms with Gasteiger partial charge in [-0.3, -0.25) is 9.59 Å². The Hall–Kier alpha value is -3.78. The van der Waals surface area contributed by atoms with Crippen LogP contribution in [-0.4, -0.2) is 52.9 Å². The van der Waals surface area contributed by atoms with Gasteiger partial charge in [0.15, 0.2) is 0 Å². The van der Waals surface area contributed by atoms with E-state index in [9.17, 15) is 9.59 Å². The Morgan fingerprint density at radius 3 is 2.54 bits per heavy atom. The van der Waals surface area contributed by atoms with Gasteiger partial charge in [0.1, 0.15) is 17.1 Å². The fraction of sp³-hybridized carbons (Fsp3) is 0.310.